The Kier molecular flexibility index (Phi) is 6.63. The van der Waals surface area contributed by atoms with E-state index in [1.54, 1.807) is 0 Å². The number of phosphoric acid groups is 2. The van der Waals surface area contributed by atoms with Crippen LogP contribution in [0.5, 0.6) is 0 Å². The number of hydrogen-bond acceptors (Lipinski definition) is 11. The summed E-state index contributed by atoms with van der Waals surface area (Å²) in [5, 5.41) is 0. The first-order valence-corrected chi connectivity index (χ1v) is 11.9. The van der Waals surface area contributed by atoms with E-state index < -0.39 is 35.7 Å². The third-order valence-corrected chi connectivity index (χ3v) is 6.92. The summed E-state index contributed by atoms with van der Waals surface area (Å²) >= 11 is 0. The van der Waals surface area contributed by atoms with Gasteiger partial charge in [-0.3, -0.25) is 4.57 Å². The molecule has 0 aliphatic carbocycles. The molecule has 0 aliphatic heterocycles. The number of ether oxygens (including phenoxy) is 1. The molecule has 19 heteroatoms. The number of hydrogen-bond donors (Lipinski definition) is 6. The number of nitrogens with two attached hydrogens (primary N) is 2. The molecule has 0 spiro atoms. The van der Waals surface area contributed by atoms with Crippen LogP contribution in [-0.4, -0.2) is 51.5 Å². The van der Waals surface area contributed by atoms with Gasteiger partial charge in [0.2, 0.25) is 5.95 Å². The lowest BCUT2D eigenvalue weighted by Gasteiger charge is -2.19. The molecule has 0 radical (unpaired) electrons. The Morgan fingerprint density at radius 1 is 1.14 bits per heavy atom. The van der Waals surface area contributed by atoms with Crippen LogP contribution in [0.4, 0.5) is 11.8 Å². The maximum Gasteiger partial charge on any atom is 0.488 e. The first-order valence-electron chi connectivity index (χ1n) is 7.16. The van der Waals surface area contributed by atoms with E-state index in [4.69, 9.17) is 30.9 Å². The number of aromatic nitrogens is 4. The predicted octanol–water partition coefficient (Wildman–Crippen LogP) is -0.235. The van der Waals surface area contributed by atoms with Crippen molar-refractivity contribution in [3.8, 4) is 0 Å². The van der Waals surface area contributed by atoms with Crippen molar-refractivity contribution in [3.63, 3.8) is 0 Å². The molecule has 8 N–H and O–H groups in total. The van der Waals surface area contributed by atoms with Crippen LogP contribution in [0, 0.1) is 0 Å². The van der Waals surface area contributed by atoms with E-state index in [0.717, 1.165) is 0 Å². The Labute approximate surface area is 156 Å². The van der Waals surface area contributed by atoms with Crippen molar-refractivity contribution < 1.29 is 46.6 Å². The van der Waals surface area contributed by atoms with Crippen molar-refractivity contribution >= 4 is 46.2 Å². The molecule has 158 valence electrons. The van der Waals surface area contributed by atoms with Crippen molar-refractivity contribution in [3.05, 3.63) is 6.33 Å². The molecule has 0 aliphatic rings. The minimum atomic E-state index is -5.51. The van der Waals surface area contributed by atoms with Crippen molar-refractivity contribution in [1.29, 1.82) is 0 Å². The van der Waals surface area contributed by atoms with Gasteiger partial charge in [0.05, 0.1) is 19.0 Å². The van der Waals surface area contributed by atoms with Crippen molar-refractivity contribution in [2.75, 3.05) is 17.8 Å². The molecule has 0 saturated heterocycles. The average molecular weight is 462 g/mol. The monoisotopic (exact) mass is 462 g/mol. The summed E-state index contributed by atoms with van der Waals surface area (Å²) in [6.45, 7) is 1.55. The highest BCUT2D eigenvalue weighted by atomic mass is 31.3. The van der Waals surface area contributed by atoms with Gasteiger partial charge in [-0.2, -0.15) is 14.3 Å². The molecule has 3 atom stereocenters. The quantitative estimate of drug-likeness (QED) is 0.263. The van der Waals surface area contributed by atoms with Gasteiger partial charge in [0.1, 0.15) is 11.9 Å². The normalized spacial score (nSPS) is 17.9. The summed E-state index contributed by atoms with van der Waals surface area (Å²) in [5.74, 6) is -0.0239. The Morgan fingerprint density at radius 2 is 1.79 bits per heavy atom. The van der Waals surface area contributed by atoms with Gasteiger partial charge in [-0.05, 0) is 6.92 Å². The van der Waals surface area contributed by atoms with E-state index in [1.807, 2.05) is 0 Å². The second kappa shape index (κ2) is 8.13. The fraction of sp³-hybridized carbons (Fsp3) is 0.444. The number of imidazole rings is 1. The Hall–Kier alpha value is -1.44. The molecule has 0 bridgehead atoms. The van der Waals surface area contributed by atoms with Crippen LogP contribution in [0.25, 0.3) is 11.2 Å². The van der Waals surface area contributed by atoms with Crippen LogP contribution in [0.3, 0.4) is 0 Å². The molecule has 16 nitrogen and oxygen atoms in total. The molecule has 0 aromatic carbocycles. The molecule has 2 aromatic rings. The van der Waals surface area contributed by atoms with Gasteiger partial charge < -0.3 is 40.3 Å². The van der Waals surface area contributed by atoms with Crippen LogP contribution in [0.2, 0.25) is 0 Å². The summed E-state index contributed by atoms with van der Waals surface area (Å²) in [6, 6.07) is 0. The smallest absolute Gasteiger partial charge is 0.382 e. The lowest BCUT2D eigenvalue weighted by atomic mass is 10.4. The number of fused-ring (bicyclic) bond motifs is 1. The van der Waals surface area contributed by atoms with E-state index in [-0.39, 0.29) is 23.8 Å². The summed E-state index contributed by atoms with van der Waals surface area (Å²) in [7, 11) is -15.8. The number of nitrogens with zero attached hydrogens (tertiary/aromatic N) is 4. The summed E-state index contributed by atoms with van der Waals surface area (Å²) in [4.78, 5) is 47.4. The molecule has 2 rings (SSSR count). The zero-order valence-corrected chi connectivity index (χ0v) is 16.8. The maximum atomic E-state index is 11.8. The van der Waals surface area contributed by atoms with Crippen molar-refractivity contribution in [2.24, 2.45) is 0 Å². The molecule has 0 amide bonds. The van der Waals surface area contributed by atoms with E-state index in [0.29, 0.717) is 5.65 Å². The van der Waals surface area contributed by atoms with Crippen molar-refractivity contribution in [1.82, 2.24) is 19.5 Å². The molecule has 2 heterocycles. The van der Waals surface area contributed by atoms with E-state index in [9.17, 15) is 18.6 Å². The Bertz CT molecular complexity index is 1010. The molecule has 2 unspecified atom stereocenters. The van der Waals surface area contributed by atoms with Crippen LogP contribution in [0.15, 0.2) is 6.33 Å². The SMILES string of the molecule is C[C@H](Cn1cnc2c(N)nc(N)nc21)OCP(=O)(O)OP(=O)(O)OP(=O)(O)O. The van der Waals surface area contributed by atoms with Gasteiger partial charge in [0, 0.05) is 0 Å². The van der Waals surface area contributed by atoms with Gasteiger partial charge in [0.25, 0.3) is 0 Å². The fourth-order valence-corrected chi connectivity index (χ4v) is 5.39. The highest BCUT2D eigenvalue weighted by molar-refractivity contribution is 7.68. The first-order chi connectivity index (χ1) is 12.7. The average Bonchev–Trinajstić information content (AvgIpc) is 2.84. The van der Waals surface area contributed by atoms with Crippen LogP contribution in [-0.2, 0) is 33.6 Å². The van der Waals surface area contributed by atoms with Crippen LogP contribution in [0.1, 0.15) is 6.92 Å². The highest BCUT2D eigenvalue weighted by Gasteiger charge is 2.39. The zero-order valence-electron chi connectivity index (χ0n) is 14.1. The topological polar surface area (TPSA) is 255 Å². The summed E-state index contributed by atoms with van der Waals surface area (Å²) in [6.07, 6.45) is -0.478. The summed E-state index contributed by atoms with van der Waals surface area (Å²) in [5.41, 5.74) is 11.8. The van der Waals surface area contributed by atoms with Crippen LogP contribution >= 0.6 is 23.2 Å². The largest absolute Gasteiger partial charge is 0.488 e. The van der Waals surface area contributed by atoms with E-state index in [1.165, 1.54) is 17.8 Å². The molecule has 0 fully saturated rings. The highest BCUT2D eigenvalue weighted by Crippen LogP contribution is 2.65. The second-order valence-electron chi connectivity index (χ2n) is 5.40. The lowest BCUT2D eigenvalue weighted by Crippen LogP contribution is -2.17. The van der Waals surface area contributed by atoms with Gasteiger partial charge in [-0.25, -0.2) is 18.4 Å². The molecular formula is C9H17N6O10P3. The molecule has 28 heavy (non-hydrogen) atoms. The van der Waals surface area contributed by atoms with Crippen LogP contribution < -0.4 is 11.5 Å². The molecule has 0 saturated carbocycles. The molecular weight excluding hydrogens is 445 g/mol. The number of rotatable bonds is 9. The number of anilines is 2. The third kappa shape index (κ3) is 6.57. The zero-order chi connectivity index (χ0) is 21.3. The van der Waals surface area contributed by atoms with Gasteiger partial charge >= 0.3 is 23.2 Å². The third-order valence-electron chi connectivity index (χ3n) is 2.92. The fourth-order valence-electron chi connectivity index (χ4n) is 2.00. The molecule has 2 aromatic heterocycles. The van der Waals surface area contributed by atoms with Gasteiger partial charge in [-0.15, -0.1) is 0 Å². The van der Waals surface area contributed by atoms with Gasteiger partial charge in [-0.1, -0.05) is 0 Å². The van der Waals surface area contributed by atoms with Crippen molar-refractivity contribution in [2.45, 2.75) is 19.6 Å². The Balaban J connectivity index is 2.00. The second-order valence-corrected chi connectivity index (χ2v) is 10.2. The van der Waals surface area contributed by atoms with E-state index in [2.05, 4.69) is 23.6 Å². The minimum Gasteiger partial charge on any atom is -0.382 e. The maximum absolute atomic E-state index is 11.8. The van der Waals surface area contributed by atoms with E-state index >= 15 is 0 Å². The summed E-state index contributed by atoms with van der Waals surface area (Å²) < 4.78 is 47.6. The standard InChI is InChI=1S/C9H17N6O10P3/c1-5(2-15-3-12-6-7(10)13-9(11)14-8(6)15)23-4-26(16,17)24-28(21,22)25-27(18,19)20/h3,5H,2,4H2,1H3,(H,16,17)(H,21,22)(H2,18,19,20)(H4,10,11,13,14)/t5-/m1/s1. The van der Waals surface area contributed by atoms with Gasteiger partial charge in [0.15, 0.2) is 11.5 Å². The number of nitrogen functional groups attached to an aromatic ring is 2. The minimum absolute atomic E-state index is 0.0577. The predicted molar refractivity (Wildman–Crippen MR) is 93.4 cm³/mol. The first kappa shape index (κ1) is 22.8. The Morgan fingerprint density at radius 3 is 2.39 bits per heavy atom. The lowest BCUT2D eigenvalue weighted by molar-refractivity contribution is 0.0757.